The lowest BCUT2D eigenvalue weighted by Gasteiger charge is -2.26. The highest BCUT2D eigenvalue weighted by Gasteiger charge is 2.25. The van der Waals surface area contributed by atoms with Crippen molar-refractivity contribution in [3.05, 3.63) is 30.1 Å². The summed E-state index contributed by atoms with van der Waals surface area (Å²) in [6.07, 6.45) is 0.515. The number of aliphatic hydroxyl groups is 1. The molecule has 0 saturated heterocycles. The molecule has 1 rings (SSSR count). The lowest BCUT2D eigenvalue weighted by molar-refractivity contribution is 0.0411. The maximum atomic E-state index is 11.8. The molecule has 112 valence electrons. The summed E-state index contributed by atoms with van der Waals surface area (Å²) in [7, 11) is 0. The summed E-state index contributed by atoms with van der Waals surface area (Å²) in [6, 6.07) is 4.70. The Kier molecular flexibility index (Phi) is 5.91. The van der Waals surface area contributed by atoms with Crippen LogP contribution in [0, 0.1) is 0 Å². The van der Waals surface area contributed by atoms with Crippen molar-refractivity contribution in [1.82, 2.24) is 10.3 Å². The lowest BCUT2D eigenvalue weighted by atomic mass is 10.0. The number of aromatic nitrogens is 1. The number of nitrogens with two attached hydrogens (primary N) is 1. The van der Waals surface area contributed by atoms with E-state index in [1.165, 1.54) is 0 Å². The van der Waals surface area contributed by atoms with Crippen LogP contribution in [-0.4, -0.2) is 34.4 Å². The molecule has 20 heavy (non-hydrogen) atoms. The number of ether oxygens (including phenoxy) is 1. The zero-order chi connectivity index (χ0) is 15.2. The van der Waals surface area contributed by atoms with Gasteiger partial charge in [-0.05, 0) is 45.9 Å². The Labute approximate surface area is 119 Å². The average molecular weight is 281 g/mol. The maximum Gasteiger partial charge on any atom is 0.407 e. The van der Waals surface area contributed by atoms with E-state index in [2.05, 4.69) is 10.3 Å². The van der Waals surface area contributed by atoms with Crippen LogP contribution in [0.3, 0.4) is 0 Å². The number of nitrogens with one attached hydrogen (secondary N) is 1. The Morgan fingerprint density at radius 2 is 2.20 bits per heavy atom. The van der Waals surface area contributed by atoms with E-state index >= 15 is 0 Å². The zero-order valence-electron chi connectivity index (χ0n) is 12.2. The molecule has 1 amide bonds. The standard InChI is InChI=1S/C14H23N3O3/c1-14(2,3)20-13(19)17-11(7-8-15)12(18)10-6-4-5-9-16-10/h4-6,9,11-12,18H,7-8,15H2,1-3H3,(H,17,19). The van der Waals surface area contributed by atoms with Crippen LogP contribution in [0.5, 0.6) is 0 Å². The molecule has 6 heteroatoms. The predicted octanol–water partition coefficient (Wildman–Crippen LogP) is 1.36. The number of alkyl carbamates (subject to hydrolysis) is 1. The van der Waals surface area contributed by atoms with Gasteiger partial charge < -0.3 is 20.9 Å². The van der Waals surface area contributed by atoms with Crippen LogP contribution in [0.1, 0.15) is 39.0 Å². The van der Waals surface area contributed by atoms with Gasteiger partial charge in [0.2, 0.25) is 0 Å². The first kappa shape index (κ1) is 16.4. The Bertz CT molecular complexity index is 417. The first-order valence-electron chi connectivity index (χ1n) is 6.62. The van der Waals surface area contributed by atoms with Gasteiger partial charge in [0.05, 0.1) is 11.7 Å². The molecular weight excluding hydrogens is 258 g/mol. The Balaban J connectivity index is 2.71. The summed E-state index contributed by atoms with van der Waals surface area (Å²) in [5, 5.41) is 12.9. The summed E-state index contributed by atoms with van der Waals surface area (Å²) in [4.78, 5) is 15.9. The van der Waals surface area contributed by atoms with Gasteiger partial charge >= 0.3 is 6.09 Å². The minimum Gasteiger partial charge on any atom is -0.444 e. The van der Waals surface area contributed by atoms with Crippen molar-refractivity contribution in [3.8, 4) is 0 Å². The molecule has 0 aliphatic rings. The van der Waals surface area contributed by atoms with Crippen LogP contribution in [0.2, 0.25) is 0 Å². The molecule has 0 aliphatic carbocycles. The van der Waals surface area contributed by atoms with Crippen molar-refractivity contribution in [2.24, 2.45) is 5.73 Å². The van der Waals surface area contributed by atoms with Gasteiger partial charge in [-0.3, -0.25) is 4.98 Å². The number of amides is 1. The van der Waals surface area contributed by atoms with Crippen molar-refractivity contribution in [1.29, 1.82) is 0 Å². The second-order valence-electron chi connectivity index (χ2n) is 5.53. The number of pyridine rings is 1. The molecule has 2 atom stereocenters. The third-order valence-corrected chi connectivity index (χ3v) is 2.55. The fourth-order valence-corrected chi connectivity index (χ4v) is 1.70. The van der Waals surface area contributed by atoms with E-state index in [0.717, 1.165) is 0 Å². The van der Waals surface area contributed by atoms with Gasteiger partial charge in [0.15, 0.2) is 0 Å². The van der Waals surface area contributed by atoms with Crippen molar-refractivity contribution in [2.75, 3.05) is 6.54 Å². The number of hydrogen-bond donors (Lipinski definition) is 3. The number of nitrogens with zero attached hydrogens (tertiary/aromatic N) is 1. The number of carbonyl (C=O) groups is 1. The van der Waals surface area contributed by atoms with E-state index in [1.54, 1.807) is 45.2 Å². The molecule has 0 aliphatic heterocycles. The van der Waals surface area contributed by atoms with Crippen LogP contribution in [0.15, 0.2) is 24.4 Å². The van der Waals surface area contributed by atoms with Gasteiger partial charge in [-0.25, -0.2) is 4.79 Å². The van der Waals surface area contributed by atoms with Crippen molar-refractivity contribution < 1.29 is 14.6 Å². The summed E-state index contributed by atoms with van der Waals surface area (Å²) < 4.78 is 5.18. The molecule has 0 saturated carbocycles. The average Bonchev–Trinajstić information content (AvgIpc) is 2.36. The highest BCUT2D eigenvalue weighted by atomic mass is 16.6. The molecule has 6 nitrogen and oxygen atoms in total. The quantitative estimate of drug-likeness (QED) is 0.757. The normalized spacial score (nSPS) is 14.4. The molecule has 0 aromatic carbocycles. The van der Waals surface area contributed by atoms with Crippen LogP contribution < -0.4 is 11.1 Å². The highest BCUT2D eigenvalue weighted by molar-refractivity contribution is 5.68. The molecule has 1 heterocycles. The highest BCUT2D eigenvalue weighted by Crippen LogP contribution is 2.17. The minimum atomic E-state index is -0.924. The molecule has 0 spiro atoms. The Morgan fingerprint density at radius 1 is 1.50 bits per heavy atom. The lowest BCUT2D eigenvalue weighted by Crippen LogP contribution is -2.43. The largest absolute Gasteiger partial charge is 0.444 e. The molecule has 4 N–H and O–H groups in total. The van der Waals surface area contributed by atoms with Crippen LogP contribution in [-0.2, 0) is 4.74 Å². The zero-order valence-corrected chi connectivity index (χ0v) is 12.2. The number of hydrogen-bond acceptors (Lipinski definition) is 5. The van der Waals surface area contributed by atoms with Crippen LogP contribution in [0.25, 0.3) is 0 Å². The molecule has 0 radical (unpaired) electrons. The summed E-state index contributed by atoms with van der Waals surface area (Å²) in [5.41, 5.74) is 5.42. The number of carbonyl (C=O) groups excluding carboxylic acids is 1. The summed E-state index contributed by atoms with van der Waals surface area (Å²) in [6.45, 7) is 5.67. The maximum absolute atomic E-state index is 11.8. The topological polar surface area (TPSA) is 97.5 Å². The third-order valence-electron chi connectivity index (χ3n) is 2.55. The molecular formula is C14H23N3O3. The molecule has 1 aromatic heterocycles. The Hall–Kier alpha value is -1.66. The fourth-order valence-electron chi connectivity index (χ4n) is 1.70. The molecule has 0 fully saturated rings. The minimum absolute atomic E-state index is 0.338. The van der Waals surface area contributed by atoms with Gasteiger partial charge in [-0.2, -0.15) is 0 Å². The van der Waals surface area contributed by atoms with Gasteiger partial charge in [0.25, 0.3) is 0 Å². The van der Waals surface area contributed by atoms with E-state index in [1.807, 2.05) is 0 Å². The van der Waals surface area contributed by atoms with Crippen molar-refractivity contribution >= 4 is 6.09 Å². The SMILES string of the molecule is CC(C)(C)OC(=O)NC(CCN)C(O)c1ccccn1. The van der Waals surface area contributed by atoms with E-state index < -0.39 is 23.8 Å². The van der Waals surface area contributed by atoms with E-state index in [9.17, 15) is 9.90 Å². The fraction of sp³-hybridized carbons (Fsp3) is 0.571. The van der Waals surface area contributed by atoms with Crippen LogP contribution in [0.4, 0.5) is 4.79 Å². The number of rotatable bonds is 5. The summed E-state index contributed by atoms with van der Waals surface area (Å²) in [5.74, 6) is 0. The van der Waals surface area contributed by atoms with Gasteiger partial charge in [0, 0.05) is 6.20 Å². The van der Waals surface area contributed by atoms with E-state index in [-0.39, 0.29) is 0 Å². The molecule has 1 aromatic rings. The van der Waals surface area contributed by atoms with Gasteiger partial charge in [-0.1, -0.05) is 6.07 Å². The number of aliphatic hydroxyl groups excluding tert-OH is 1. The summed E-state index contributed by atoms with van der Waals surface area (Å²) >= 11 is 0. The monoisotopic (exact) mass is 281 g/mol. The van der Waals surface area contributed by atoms with Crippen molar-refractivity contribution in [3.63, 3.8) is 0 Å². The predicted molar refractivity (Wildman–Crippen MR) is 76.0 cm³/mol. The van der Waals surface area contributed by atoms with E-state index in [4.69, 9.17) is 10.5 Å². The first-order valence-corrected chi connectivity index (χ1v) is 6.62. The van der Waals surface area contributed by atoms with Crippen molar-refractivity contribution in [2.45, 2.75) is 44.9 Å². The Morgan fingerprint density at radius 3 is 2.70 bits per heavy atom. The molecule has 0 bridgehead atoms. The second kappa shape index (κ2) is 7.21. The third kappa shape index (κ3) is 5.54. The van der Waals surface area contributed by atoms with Gasteiger partial charge in [0.1, 0.15) is 11.7 Å². The first-order chi connectivity index (χ1) is 9.33. The second-order valence-corrected chi connectivity index (χ2v) is 5.53. The van der Waals surface area contributed by atoms with E-state index in [0.29, 0.717) is 18.7 Å². The smallest absolute Gasteiger partial charge is 0.407 e. The molecule has 2 unspecified atom stereocenters. The van der Waals surface area contributed by atoms with Crippen LogP contribution >= 0.6 is 0 Å². The van der Waals surface area contributed by atoms with Gasteiger partial charge in [-0.15, -0.1) is 0 Å².